The largest absolute Gasteiger partial charge is 0.461 e. The molecule has 0 radical (unpaired) electrons. The maximum atomic E-state index is 11.7. The molecule has 0 saturated heterocycles. The quantitative estimate of drug-likeness (QED) is 0.750. The number of aliphatic hydroxyl groups excluding tert-OH is 1. The molecular formula is C16H25NO3. The number of aryl methyl sites for hydroxylation is 1. The molecule has 0 amide bonds. The van der Waals surface area contributed by atoms with Crippen molar-refractivity contribution in [2.45, 2.75) is 45.8 Å². The highest BCUT2D eigenvalue weighted by Gasteiger charge is 2.18. The number of carbonyl (C=O) groups is 1. The maximum absolute atomic E-state index is 11.7. The molecule has 0 heterocycles. The number of nitrogens with two attached hydrogens (primary N) is 1. The zero-order chi connectivity index (χ0) is 15.1. The van der Waals surface area contributed by atoms with Gasteiger partial charge in [-0.2, -0.15) is 0 Å². The third kappa shape index (κ3) is 5.31. The Hall–Kier alpha value is -1.39. The summed E-state index contributed by atoms with van der Waals surface area (Å²) in [5.74, 6) is -0.117. The molecule has 1 aromatic carbocycles. The standard InChI is InChI=1S/C16H25NO3/c1-4-12-6-5-7-13(9-12)15(18)10-20-16(19)14(17)8-11(2)3/h5-7,9,11,14-15,18H,4,8,10,17H2,1-3H3. The van der Waals surface area contributed by atoms with Crippen molar-refractivity contribution in [3.63, 3.8) is 0 Å². The Bertz CT molecular complexity index is 431. The van der Waals surface area contributed by atoms with Gasteiger partial charge in [-0.15, -0.1) is 0 Å². The van der Waals surface area contributed by atoms with E-state index >= 15 is 0 Å². The smallest absolute Gasteiger partial charge is 0.323 e. The van der Waals surface area contributed by atoms with Gasteiger partial charge in [0, 0.05) is 0 Å². The molecule has 0 spiro atoms. The highest BCUT2D eigenvalue weighted by molar-refractivity contribution is 5.75. The summed E-state index contributed by atoms with van der Waals surface area (Å²) < 4.78 is 5.08. The van der Waals surface area contributed by atoms with Gasteiger partial charge >= 0.3 is 5.97 Å². The Morgan fingerprint density at radius 1 is 1.40 bits per heavy atom. The lowest BCUT2D eigenvalue weighted by atomic mass is 10.0. The first-order valence-electron chi connectivity index (χ1n) is 7.13. The average Bonchev–Trinajstić information content (AvgIpc) is 2.43. The van der Waals surface area contributed by atoms with Gasteiger partial charge in [-0.1, -0.05) is 45.0 Å². The molecule has 4 heteroatoms. The van der Waals surface area contributed by atoms with Gasteiger partial charge in [0.15, 0.2) is 0 Å². The molecule has 2 atom stereocenters. The van der Waals surface area contributed by atoms with E-state index in [1.165, 1.54) is 0 Å². The summed E-state index contributed by atoms with van der Waals surface area (Å²) in [6.45, 7) is 5.99. The van der Waals surface area contributed by atoms with Crippen molar-refractivity contribution in [3.05, 3.63) is 35.4 Å². The van der Waals surface area contributed by atoms with E-state index in [1.807, 2.05) is 38.1 Å². The minimum atomic E-state index is -0.809. The molecule has 3 N–H and O–H groups in total. The Balaban J connectivity index is 2.50. The van der Waals surface area contributed by atoms with Crippen molar-refractivity contribution in [2.24, 2.45) is 11.7 Å². The van der Waals surface area contributed by atoms with Crippen LogP contribution in [0.15, 0.2) is 24.3 Å². The molecule has 4 nitrogen and oxygen atoms in total. The van der Waals surface area contributed by atoms with Crippen molar-refractivity contribution >= 4 is 5.97 Å². The third-order valence-electron chi connectivity index (χ3n) is 3.16. The van der Waals surface area contributed by atoms with Crippen LogP contribution in [0.1, 0.15) is 44.4 Å². The molecule has 112 valence electrons. The van der Waals surface area contributed by atoms with Crippen LogP contribution in [0.5, 0.6) is 0 Å². The summed E-state index contributed by atoms with van der Waals surface area (Å²) in [5.41, 5.74) is 7.63. The molecule has 1 rings (SSSR count). The van der Waals surface area contributed by atoms with E-state index in [0.717, 1.165) is 17.5 Å². The summed E-state index contributed by atoms with van der Waals surface area (Å²) in [6, 6.07) is 7.02. The molecule has 0 aliphatic rings. The van der Waals surface area contributed by atoms with Crippen molar-refractivity contribution in [1.29, 1.82) is 0 Å². The summed E-state index contributed by atoms with van der Waals surface area (Å²) in [4.78, 5) is 11.7. The van der Waals surface area contributed by atoms with Gasteiger partial charge < -0.3 is 15.6 Å². The number of benzene rings is 1. The minimum absolute atomic E-state index is 0.0577. The van der Waals surface area contributed by atoms with Gasteiger partial charge in [0.2, 0.25) is 0 Å². The molecule has 0 fully saturated rings. The maximum Gasteiger partial charge on any atom is 0.323 e. The lowest BCUT2D eigenvalue weighted by Gasteiger charge is -2.16. The zero-order valence-electron chi connectivity index (χ0n) is 12.5. The van der Waals surface area contributed by atoms with Crippen molar-refractivity contribution in [2.75, 3.05) is 6.61 Å². The lowest BCUT2D eigenvalue weighted by Crippen LogP contribution is -2.34. The van der Waals surface area contributed by atoms with E-state index in [0.29, 0.717) is 12.3 Å². The fraction of sp³-hybridized carbons (Fsp3) is 0.562. The first-order chi connectivity index (χ1) is 9.43. The number of aliphatic hydroxyl groups is 1. The first-order valence-corrected chi connectivity index (χ1v) is 7.13. The van der Waals surface area contributed by atoms with E-state index in [2.05, 4.69) is 6.92 Å². The summed E-state index contributed by atoms with van der Waals surface area (Å²) in [7, 11) is 0. The number of rotatable bonds is 7. The third-order valence-corrected chi connectivity index (χ3v) is 3.16. The van der Waals surface area contributed by atoms with E-state index in [1.54, 1.807) is 0 Å². The van der Waals surface area contributed by atoms with Crippen LogP contribution in [0.3, 0.4) is 0 Å². The van der Waals surface area contributed by atoms with E-state index in [-0.39, 0.29) is 6.61 Å². The van der Waals surface area contributed by atoms with Crippen LogP contribution in [0.2, 0.25) is 0 Å². The normalized spacial score (nSPS) is 14.1. The van der Waals surface area contributed by atoms with Crippen LogP contribution < -0.4 is 5.73 Å². The molecule has 0 bridgehead atoms. The topological polar surface area (TPSA) is 72.5 Å². The van der Waals surface area contributed by atoms with Crippen molar-refractivity contribution in [3.8, 4) is 0 Å². The van der Waals surface area contributed by atoms with Crippen LogP contribution in [0.25, 0.3) is 0 Å². The monoisotopic (exact) mass is 279 g/mol. The molecular weight excluding hydrogens is 254 g/mol. The second-order valence-corrected chi connectivity index (χ2v) is 5.48. The van der Waals surface area contributed by atoms with Gasteiger partial charge in [-0.25, -0.2) is 0 Å². The zero-order valence-corrected chi connectivity index (χ0v) is 12.5. The second kappa shape index (κ2) is 8.02. The number of esters is 1. The van der Waals surface area contributed by atoms with Crippen LogP contribution in [-0.4, -0.2) is 23.7 Å². The van der Waals surface area contributed by atoms with Gasteiger partial charge in [0.25, 0.3) is 0 Å². The fourth-order valence-corrected chi connectivity index (χ4v) is 1.99. The fourth-order valence-electron chi connectivity index (χ4n) is 1.99. The van der Waals surface area contributed by atoms with Gasteiger partial charge in [-0.3, -0.25) is 4.79 Å². The first kappa shape index (κ1) is 16.7. The second-order valence-electron chi connectivity index (χ2n) is 5.48. The Morgan fingerprint density at radius 2 is 2.10 bits per heavy atom. The minimum Gasteiger partial charge on any atom is -0.461 e. The Morgan fingerprint density at radius 3 is 2.70 bits per heavy atom. The number of carbonyl (C=O) groups excluding carboxylic acids is 1. The van der Waals surface area contributed by atoms with Gasteiger partial charge in [0.1, 0.15) is 18.8 Å². The summed E-state index contributed by atoms with van der Waals surface area (Å²) in [6.07, 6.45) is 0.677. The highest BCUT2D eigenvalue weighted by Crippen LogP contribution is 2.16. The van der Waals surface area contributed by atoms with E-state index in [4.69, 9.17) is 10.5 Å². The SMILES string of the molecule is CCc1cccc(C(O)COC(=O)C(N)CC(C)C)c1. The Kier molecular flexibility index (Phi) is 6.68. The molecule has 0 aliphatic carbocycles. The molecule has 0 aromatic heterocycles. The predicted octanol–water partition coefficient (Wildman–Crippen LogP) is 2.20. The van der Waals surface area contributed by atoms with E-state index < -0.39 is 18.1 Å². The number of hydrogen-bond acceptors (Lipinski definition) is 4. The van der Waals surface area contributed by atoms with Crippen molar-refractivity contribution < 1.29 is 14.6 Å². The van der Waals surface area contributed by atoms with Crippen molar-refractivity contribution in [1.82, 2.24) is 0 Å². The predicted molar refractivity (Wildman–Crippen MR) is 79.2 cm³/mol. The Labute approximate surface area is 120 Å². The van der Waals surface area contributed by atoms with Gasteiger partial charge in [-0.05, 0) is 29.9 Å². The average molecular weight is 279 g/mol. The van der Waals surface area contributed by atoms with Crippen LogP contribution >= 0.6 is 0 Å². The lowest BCUT2D eigenvalue weighted by molar-refractivity contribution is -0.148. The molecule has 20 heavy (non-hydrogen) atoms. The molecule has 2 unspecified atom stereocenters. The summed E-state index contributed by atoms with van der Waals surface area (Å²) >= 11 is 0. The molecule has 0 aliphatic heterocycles. The van der Waals surface area contributed by atoms with Crippen LogP contribution in [0, 0.1) is 5.92 Å². The van der Waals surface area contributed by atoms with Gasteiger partial charge in [0.05, 0.1) is 0 Å². The summed E-state index contributed by atoms with van der Waals surface area (Å²) in [5, 5.41) is 10.0. The number of hydrogen-bond donors (Lipinski definition) is 2. The molecule has 0 saturated carbocycles. The van der Waals surface area contributed by atoms with Crippen LogP contribution in [-0.2, 0) is 16.0 Å². The number of ether oxygens (including phenoxy) is 1. The van der Waals surface area contributed by atoms with Crippen LogP contribution in [0.4, 0.5) is 0 Å². The highest BCUT2D eigenvalue weighted by atomic mass is 16.5. The van der Waals surface area contributed by atoms with E-state index in [9.17, 15) is 9.90 Å². The molecule has 1 aromatic rings.